The third-order valence-electron chi connectivity index (χ3n) is 4.07. The quantitative estimate of drug-likeness (QED) is 0.715. The molecule has 2 rings (SSSR count). The molecule has 0 saturated carbocycles. The lowest BCUT2D eigenvalue weighted by Gasteiger charge is -2.22. The Labute approximate surface area is 117 Å². The summed E-state index contributed by atoms with van der Waals surface area (Å²) in [6.07, 6.45) is 6.71. The van der Waals surface area contributed by atoms with Crippen LogP contribution < -0.4 is 5.32 Å². The Morgan fingerprint density at radius 1 is 1.26 bits per heavy atom. The fourth-order valence-electron chi connectivity index (χ4n) is 2.99. The molecule has 0 spiro atoms. The molecular formula is C17H28NO+. The van der Waals surface area contributed by atoms with Gasteiger partial charge in [-0.25, -0.2) is 0 Å². The fraction of sp³-hybridized carbons (Fsp3) is 0.647. The molecule has 1 aromatic rings. The number of benzene rings is 1. The molecule has 2 atom stereocenters. The second-order valence-electron chi connectivity index (χ2n) is 5.66. The summed E-state index contributed by atoms with van der Waals surface area (Å²) in [5, 5.41) is 2.45. The van der Waals surface area contributed by atoms with Crippen molar-refractivity contribution >= 4 is 0 Å². The Morgan fingerprint density at radius 3 is 2.79 bits per heavy atom. The van der Waals surface area contributed by atoms with Crippen LogP contribution in [0.25, 0.3) is 0 Å². The van der Waals surface area contributed by atoms with Crippen molar-refractivity contribution < 1.29 is 10.1 Å². The highest BCUT2D eigenvalue weighted by Crippen LogP contribution is 2.25. The molecular weight excluding hydrogens is 234 g/mol. The molecule has 2 N–H and O–H groups in total. The van der Waals surface area contributed by atoms with E-state index in [1.807, 2.05) is 0 Å². The van der Waals surface area contributed by atoms with Crippen molar-refractivity contribution in [2.75, 3.05) is 19.7 Å². The zero-order valence-electron chi connectivity index (χ0n) is 12.2. The summed E-state index contributed by atoms with van der Waals surface area (Å²) in [7, 11) is 0. The zero-order chi connectivity index (χ0) is 13.3. The summed E-state index contributed by atoms with van der Waals surface area (Å²) in [5.74, 6) is 0.693. The van der Waals surface area contributed by atoms with Crippen molar-refractivity contribution in [3.63, 3.8) is 0 Å². The number of nitrogens with two attached hydrogens (primary N) is 1. The highest BCUT2D eigenvalue weighted by Gasteiger charge is 2.26. The lowest BCUT2D eigenvalue weighted by Crippen LogP contribution is -2.84. The molecule has 0 unspecified atom stereocenters. The molecule has 1 aliphatic heterocycles. The first kappa shape index (κ1) is 14.5. The predicted molar refractivity (Wildman–Crippen MR) is 79.2 cm³/mol. The Balaban J connectivity index is 1.86. The number of rotatable bonds is 8. The van der Waals surface area contributed by atoms with Crippen molar-refractivity contribution in [1.29, 1.82) is 0 Å². The lowest BCUT2D eigenvalue weighted by molar-refractivity contribution is -0.655. The summed E-state index contributed by atoms with van der Waals surface area (Å²) in [4.78, 5) is 0. The van der Waals surface area contributed by atoms with E-state index >= 15 is 0 Å². The van der Waals surface area contributed by atoms with Crippen molar-refractivity contribution in [2.45, 2.75) is 45.1 Å². The smallest absolute Gasteiger partial charge is 0.0759 e. The van der Waals surface area contributed by atoms with Crippen LogP contribution in [0.1, 0.15) is 38.2 Å². The van der Waals surface area contributed by atoms with Gasteiger partial charge in [0.05, 0.1) is 19.2 Å². The molecule has 2 heteroatoms. The first-order chi connectivity index (χ1) is 9.40. The van der Waals surface area contributed by atoms with E-state index in [4.69, 9.17) is 4.74 Å². The van der Waals surface area contributed by atoms with Gasteiger partial charge in [0.25, 0.3) is 0 Å². The summed E-state index contributed by atoms with van der Waals surface area (Å²) >= 11 is 0. The van der Waals surface area contributed by atoms with Crippen molar-refractivity contribution in [3.05, 3.63) is 35.9 Å². The van der Waals surface area contributed by atoms with Crippen LogP contribution in [0.15, 0.2) is 30.3 Å². The SMILES string of the molecule is CCC[NH2+]CC[C@@H](Cc1ccccc1)[C@@H]1CCCO1. The molecule has 0 aliphatic carbocycles. The van der Waals surface area contributed by atoms with Crippen LogP contribution in [0.4, 0.5) is 0 Å². The highest BCUT2D eigenvalue weighted by molar-refractivity contribution is 5.15. The number of hydrogen-bond donors (Lipinski definition) is 1. The van der Waals surface area contributed by atoms with Crippen LogP contribution in [-0.4, -0.2) is 25.8 Å². The molecule has 1 aliphatic rings. The lowest BCUT2D eigenvalue weighted by atomic mass is 9.89. The van der Waals surface area contributed by atoms with Gasteiger partial charge in [-0.15, -0.1) is 0 Å². The van der Waals surface area contributed by atoms with Crippen LogP contribution in [0.5, 0.6) is 0 Å². The maximum atomic E-state index is 5.93. The van der Waals surface area contributed by atoms with E-state index in [0.29, 0.717) is 12.0 Å². The zero-order valence-corrected chi connectivity index (χ0v) is 12.2. The fourth-order valence-corrected chi connectivity index (χ4v) is 2.99. The van der Waals surface area contributed by atoms with E-state index in [1.165, 1.54) is 50.8 Å². The maximum Gasteiger partial charge on any atom is 0.0759 e. The highest BCUT2D eigenvalue weighted by atomic mass is 16.5. The molecule has 2 nitrogen and oxygen atoms in total. The van der Waals surface area contributed by atoms with Crippen molar-refractivity contribution in [3.8, 4) is 0 Å². The van der Waals surface area contributed by atoms with E-state index in [1.54, 1.807) is 0 Å². The first-order valence-electron chi connectivity index (χ1n) is 7.87. The number of quaternary nitrogens is 1. The third-order valence-corrected chi connectivity index (χ3v) is 4.07. The van der Waals surface area contributed by atoms with Crippen LogP contribution in [0, 0.1) is 5.92 Å². The van der Waals surface area contributed by atoms with Gasteiger partial charge in [0, 0.05) is 13.0 Å². The van der Waals surface area contributed by atoms with Crippen molar-refractivity contribution in [2.24, 2.45) is 5.92 Å². The van der Waals surface area contributed by atoms with Gasteiger partial charge in [-0.3, -0.25) is 0 Å². The molecule has 1 fully saturated rings. The summed E-state index contributed by atoms with van der Waals surface area (Å²) < 4.78 is 5.93. The summed E-state index contributed by atoms with van der Waals surface area (Å²) in [5.41, 5.74) is 1.46. The van der Waals surface area contributed by atoms with Gasteiger partial charge in [0.2, 0.25) is 0 Å². The van der Waals surface area contributed by atoms with E-state index in [2.05, 4.69) is 42.6 Å². The normalized spacial score (nSPS) is 20.6. The Hall–Kier alpha value is -0.860. The van der Waals surface area contributed by atoms with Crippen LogP contribution in [0.3, 0.4) is 0 Å². The first-order valence-corrected chi connectivity index (χ1v) is 7.87. The minimum atomic E-state index is 0.496. The average Bonchev–Trinajstić information content (AvgIpc) is 2.97. The molecule has 1 saturated heterocycles. The van der Waals surface area contributed by atoms with Gasteiger partial charge < -0.3 is 10.1 Å². The summed E-state index contributed by atoms with van der Waals surface area (Å²) in [6, 6.07) is 10.9. The summed E-state index contributed by atoms with van der Waals surface area (Å²) in [6.45, 7) is 5.71. The Kier molecular flexibility index (Phi) is 6.38. The van der Waals surface area contributed by atoms with Gasteiger partial charge in [0.1, 0.15) is 0 Å². The van der Waals surface area contributed by atoms with Crippen LogP contribution in [-0.2, 0) is 11.2 Å². The van der Waals surface area contributed by atoms with Crippen LogP contribution >= 0.6 is 0 Å². The average molecular weight is 262 g/mol. The Morgan fingerprint density at radius 2 is 2.11 bits per heavy atom. The van der Waals surface area contributed by atoms with E-state index in [9.17, 15) is 0 Å². The van der Waals surface area contributed by atoms with Gasteiger partial charge in [-0.2, -0.15) is 0 Å². The number of hydrogen-bond acceptors (Lipinski definition) is 1. The maximum absolute atomic E-state index is 5.93. The molecule has 106 valence electrons. The number of ether oxygens (including phenoxy) is 1. The Bertz CT molecular complexity index is 332. The van der Waals surface area contributed by atoms with Gasteiger partial charge >= 0.3 is 0 Å². The molecule has 1 heterocycles. The van der Waals surface area contributed by atoms with Gasteiger partial charge in [-0.05, 0) is 37.2 Å². The second kappa shape index (κ2) is 8.34. The molecule has 0 aromatic heterocycles. The monoisotopic (exact) mass is 262 g/mol. The standard InChI is InChI=1S/C17H27NO/c1-2-11-18-12-10-16(17-9-6-13-19-17)14-15-7-4-3-5-8-15/h3-5,7-8,16-18H,2,6,9-14H2,1H3/p+1/t16-,17-/m0/s1. The van der Waals surface area contributed by atoms with E-state index < -0.39 is 0 Å². The largest absolute Gasteiger partial charge is 0.378 e. The molecule has 19 heavy (non-hydrogen) atoms. The van der Waals surface area contributed by atoms with E-state index in [0.717, 1.165) is 6.61 Å². The van der Waals surface area contributed by atoms with Crippen molar-refractivity contribution in [1.82, 2.24) is 0 Å². The van der Waals surface area contributed by atoms with E-state index in [-0.39, 0.29) is 0 Å². The minimum Gasteiger partial charge on any atom is -0.378 e. The van der Waals surface area contributed by atoms with Gasteiger partial charge in [-0.1, -0.05) is 37.3 Å². The minimum absolute atomic E-state index is 0.496. The third kappa shape index (κ3) is 4.96. The molecule has 0 amide bonds. The van der Waals surface area contributed by atoms with Gasteiger partial charge in [0.15, 0.2) is 0 Å². The van der Waals surface area contributed by atoms with Crippen LogP contribution in [0.2, 0.25) is 0 Å². The second-order valence-corrected chi connectivity index (χ2v) is 5.66. The molecule has 1 aromatic carbocycles. The predicted octanol–water partition coefficient (Wildman–Crippen LogP) is 2.39. The molecule has 0 radical (unpaired) electrons. The topological polar surface area (TPSA) is 25.8 Å². The molecule has 0 bridgehead atoms.